The van der Waals surface area contributed by atoms with Crippen LogP contribution < -0.4 is 14.2 Å². The zero-order valence-corrected chi connectivity index (χ0v) is 15.1. The molecule has 0 aliphatic carbocycles. The number of hydrogen-bond donors (Lipinski definition) is 0. The Labute approximate surface area is 150 Å². The van der Waals surface area contributed by atoms with E-state index in [1.807, 2.05) is 0 Å². The minimum absolute atomic E-state index is 0.0921. The summed E-state index contributed by atoms with van der Waals surface area (Å²) in [5.41, 5.74) is 0. The number of ether oxygens (including phenoxy) is 3. The first-order chi connectivity index (χ1) is 12.4. The van der Waals surface area contributed by atoms with Crippen molar-refractivity contribution in [2.45, 2.75) is 17.4 Å². The Bertz CT molecular complexity index is 893. The molecule has 1 aliphatic heterocycles. The molecular formula is C16H18FN3O5S. The number of hydrogen-bond acceptors (Lipinski definition) is 7. The Kier molecular flexibility index (Phi) is 5.23. The van der Waals surface area contributed by atoms with Crippen LogP contribution in [0.2, 0.25) is 0 Å². The molecule has 0 unspecified atom stereocenters. The van der Waals surface area contributed by atoms with E-state index in [1.54, 1.807) is 0 Å². The first-order valence-corrected chi connectivity index (χ1v) is 9.24. The Hall–Kier alpha value is -2.46. The molecule has 2 heterocycles. The van der Waals surface area contributed by atoms with Gasteiger partial charge in [-0.1, -0.05) is 0 Å². The van der Waals surface area contributed by atoms with Crippen molar-refractivity contribution in [2.24, 2.45) is 0 Å². The summed E-state index contributed by atoms with van der Waals surface area (Å²) in [6.45, 7) is 0.352. The van der Waals surface area contributed by atoms with Gasteiger partial charge >= 0.3 is 0 Å². The van der Waals surface area contributed by atoms with Gasteiger partial charge in [-0.3, -0.25) is 4.98 Å². The zero-order valence-electron chi connectivity index (χ0n) is 14.3. The van der Waals surface area contributed by atoms with Crippen molar-refractivity contribution in [3.8, 4) is 17.5 Å². The van der Waals surface area contributed by atoms with E-state index in [2.05, 4.69) is 9.97 Å². The molecule has 140 valence electrons. The van der Waals surface area contributed by atoms with Gasteiger partial charge in [-0.05, 0) is 24.6 Å². The van der Waals surface area contributed by atoms with Gasteiger partial charge in [0.15, 0.2) is 0 Å². The minimum atomic E-state index is -3.91. The average Bonchev–Trinajstić information content (AvgIpc) is 3.11. The van der Waals surface area contributed by atoms with E-state index in [0.29, 0.717) is 12.3 Å². The van der Waals surface area contributed by atoms with Crippen LogP contribution in [0.15, 0.2) is 35.5 Å². The summed E-state index contributed by atoms with van der Waals surface area (Å²) in [7, 11) is -1.12. The van der Waals surface area contributed by atoms with E-state index in [9.17, 15) is 12.8 Å². The van der Waals surface area contributed by atoms with Crippen molar-refractivity contribution in [3.05, 3.63) is 36.4 Å². The summed E-state index contributed by atoms with van der Waals surface area (Å²) in [5, 5.41) is 0. The van der Waals surface area contributed by atoms with Crippen LogP contribution in [0.1, 0.15) is 6.42 Å². The van der Waals surface area contributed by atoms with Crippen LogP contribution in [0.4, 0.5) is 4.39 Å². The molecule has 0 saturated carbocycles. The molecule has 1 aromatic heterocycles. The van der Waals surface area contributed by atoms with Gasteiger partial charge in [0.05, 0.1) is 33.2 Å². The van der Waals surface area contributed by atoms with Crippen molar-refractivity contribution >= 4 is 10.0 Å². The number of sulfonamides is 1. The van der Waals surface area contributed by atoms with Crippen molar-refractivity contribution in [2.75, 3.05) is 27.3 Å². The summed E-state index contributed by atoms with van der Waals surface area (Å²) in [6, 6.07) is 3.39. The molecule has 1 aromatic carbocycles. The maximum absolute atomic E-state index is 13.5. The van der Waals surface area contributed by atoms with Crippen molar-refractivity contribution < 1.29 is 27.0 Å². The number of methoxy groups -OCH3 is 2. The van der Waals surface area contributed by atoms with Crippen molar-refractivity contribution in [1.29, 1.82) is 0 Å². The fraction of sp³-hybridized carbons (Fsp3) is 0.375. The van der Waals surface area contributed by atoms with Crippen LogP contribution in [0.5, 0.6) is 17.5 Å². The average molecular weight is 383 g/mol. The van der Waals surface area contributed by atoms with E-state index in [4.69, 9.17) is 14.2 Å². The first-order valence-electron chi connectivity index (χ1n) is 7.80. The highest BCUT2D eigenvalue weighted by molar-refractivity contribution is 7.89. The van der Waals surface area contributed by atoms with Crippen LogP contribution in [-0.2, 0) is 10.0 Å². The molecular weight excluding hydrogens is 365 g/mol. The fourth-order valence-electron chi connectivity index (χ4n) is 2.66. The molecule has 0 amide bonds. The topological polar surface area (TPSA) is 90.9 Å². The second-order valence-corrected chi connectivity index (χ2v) is 7.49. The predicted molar refractivity (Wildman–Crippen MR) is 89.3 cm³/mol. The Balaban J connectivity index is 1.76. The molecule has 10 heteroatoms. The molecule has 3 rings (SSSR count). The van der Waals surface area contributed by atoms with Crippen molar-refractivity contribution in [1.82, 2.24) is 14.3 Å². The number of nitrogens with zero attached hydrogens (tertiary/aromatic N) is 3. The van der Waals surface area contributed by atoms with E-state index in [-0.39, 0.29) is 29.6 Å². The zero-order chi connectivity index (χ0) is 18.7. The van der Waals surface area contributed by atoms with Crippen LogP contribution in [0, 0.1) is 5.82 Å². The van der Waals surface area contributed by atoms with E-state index in [1.165, 1.54) is 37.0 Å². The molecule has 0 N–H and O–H groups in total. The molecule has 2 aromatic rings. The Morgan fingerprint density at radius 3 is 2.69 bits per heavy atom. The van der Waals surface area contributed by atoms with Gasteiger partial charge in [0, 0.05) is 6.54 Å². The summed E-state index contributed by atoms with van der Waals surface area (Å²) in [5.74, 6) is -0.0103. The molecule has 1 atom stereocenters. The third kappa shape index (κ3) is 3.70. The summed E-state index contributed by atoms with van der Waals surface area (Å²) in [6.07, 6.45) is 2.94. The molecule has 8 nitrogen and oxygen atoms in total. The third-order valence-electron chi connectivity index (χ3n) is 3.94. The van der Waals surface area contributed by atoms with E-state index < -0.39 is 21.9 Å². The molecule has 26 heavy (non-hydrogen) atoms. The SMILES string of the molecule is COc1cncc(O[C@H]2CCN(S(=O)(=O)c3cc(F)ccc3OC)C2)n1. The highest BCUT2D eigenvalue weighted by Gasteiger charge is 2.35. The van der Waals surface area contributed by atoms with Gasteiger partial charge in [-0.25, -0.2) is 12.8 Å². The quantitative estimate of drug-likeness (QED) is 0.746. The normalized spacial score (nSPS) is 17.9. The van der Waals surface area contributed by atoms with Gasteiger partial charge in [0.25, 0.3) is 0 Å². The minimum Gasteiger partial charge on any atom is -0.495 e. The molecule has 0 bridgehead atoms. The molecule has 1 aliphatic rings. The lowest BCUT2D eigenvalue weighted by atomic mass is 10.3. The molecule has 1 fully saturated rings. The van der Waals surface area contributed by atoms with E-state index >= 15 is 0 Å². The molecule has 0 spiro atoms. The lowest BCUT2D eigenvalue weighted by Gasteiger charge is -2.18. The Morgan fingerprint density at radius 1 is 1.19 bits per heavy atom. The maximum atomic E-state index is 13.5. The van der Waals surface area contributed by atoms with Gasteiger partial charge in [0.1, 0.15) is 22.6 Å². The fourth-order valence-corrected chi connectivity index (χ4v) is 4.31. The lowest BCUT2D eigenvalue weighted by molar-refractivity contribution is 0.203. The van der Waals surface area contributed by atoms with E-state index in [0.717, 1.165) is 12.1 Å². The highest BCUT2D eigenvalue weighted by atomic mass is 32.2. The van der Waals surface area contributed by atoms with Crippen LogP contribution in [0.25, 0.3) is 0 Å². The van der Waals surface area contributed by atoms with Crippen molar-refractivity contribution in [3.63, 3.8) is 0 Å². The van der Waals surface area contributed by atoms with Crippen LogP contribution >= 0.6 is 0 Å². The summed E-state index contributed by atoms with van der Waals surface area (Å²) >= 11 is 0. The maximum Gasteiger partial charge on any atom is 0.246 e. The number of halogens is 1. The summed E-state index contributed by atoms with van der Waals surface area (Å²) < 4.78 is 56.2. The number of aromatic nitrogens is 2. The second-order valence-electron chi connectivity index (χ2n) is 5.59. The first kappa shape index (κ1) is 18.3. The van der Waals surface area contributed by atoms with Gasteiger partial charge in [0.2, 0.25) is 21.8 Å². The predicted octanol–water partition coefficient (Wildman–Crippen LogP) is 1.47. The molecule has 0 radical (unpaired) electrons. The smallest absolute Gasteiger partial charge is 0.246 e. The lowest BCUT2D eigenvalue weighted by Crippen LogP contribution is -2.31. The number of rotatable bonds is 6. The van der Waals surface area contributed by atoms with Crippen LogP contribution in [-0.4, -0.2) is 56.1 Å². The van der Waals surface area contributed by atoms with Gasteiger partial charge in [-0.15, -0.1) is 0 Å². The Morgan fingerprint density at radius 2 is 1.96 bits per heavy atom. The number of benzene rings is 1. The largest absolute Gasteiger partial charge is 0.495 e. The monoisotopic (exact) mass is 383 g/mol. The summed E-state index contributed by atoms with van der Waals surface area (Å²) in [4.78, 5) is 7.83. The van der Waals surface area contributed by atoms with Gasteiger partial charge in [-0.2, -0.15) is 9.29 Å². The highest BCUT2D eigenvalue weighted by Crippen LogP contribution is 2.30. The molecule has 1 saturated heterocycles. The third-order valence-corrected chi connectivity index (χ3v) is 5.82. The standard InChI is InChI=1S/C16H18FN3O5S/c1-23-13-4-3-11(17)7-14(13)26(21,22)20-6-5-12(10-20)25-16-9-18-8-15(19-16)24-2/h3-4,7-9,12H,5-6,10H2,1-2H3/t12-/m0/s1. The second kappa shape index (κ2) is 7.42. The van der Waals surface area contributed by atoms with Gasteiger partial charge < -0.3 is 14.2 Å². The van der Waals surface area contributed by atoms with Crippen LogP contribution in [0.3, 0.4) is 0 Å².